The Labute approximate surface area is 74.6 Å². The Bertz CT molecular complexity index is 175. The smallest absolute Gasteiger partial charge is 0.191 e. The molecule has 0 aliphatic carbocycles. The second-order valence-electron chi connectivity index (χ2n) is 3.81. The number of nitrogens with zero attached hydrogens (tertiary/aromatic N) is 2. The quantitative estimate of drug-likeness (QED) is 0.686. The molecule has 3 heteroatoms. The van der Waals surface area contributed by atoms with Gasteiger partial charge in [0.25, 0.3) is 0 Å². The summed E-state index contributed by atoms with van der Waals surface area (Å²) in [5, 5.41) is 0. The van der Waals surface area contributed by atoms with Crippen molar-refractivity contribution in [1.82, 2.24) is 4.90 Å². The van der Waals surface area contributed by atoms with Crippen LogP contribution in [0.4, 0.5) is 0 Å². The molecule has 1 heterocycles. The largest absolute Gasteiger partial charge is 0.370 e. The zero-order valence-corrected chi connectivity index (χ0v) is 8.25. The van der Waals surface area contributed by atoms with Crippen molar-refractivity contribution in [2.24, 2.45) is 16.6 Å². The third-order valence-corrected chi connectivity index (χ3v) is 2.23. The molecule has 1 unspecified atom stereocenters. The van der Waals surface area contributed by atoms with Gasteiger partial charge in [-0.15, -0.1) is 0 Å². The van der Waals surface area contributed by atoms with Gasteiger partial charge >= 0.3 is 0 Å². The number of nitrogens with two attached hydrogens (primary N) is 1. The summed E-state index contributed by atoms with van der Waals surface area (Å²) in [6, 6.07) is 0.549. The number of rotatable bonds is 3. The van der Waals surface area contributed by atoms with E-state index in [1.54, 1.807) is 0 Å². The van der Waals surface area contributed by atoms with Gasteiger partial charge in [0.1, 0.15) is 0 Å². The van der Waals surface area contributed by atoms with Gasteiger partial charge < -0.3 is 10.6 Å². The third kappa shape index (κ3) is 1.90. The molecular formula is C9H19N3. The Balaban J connectivity index is 2.52. The number of hydrogen-bond acceptors (Lipinski definition) is 3. The molecule has 0 amide bonds. The summed E-state index contributed by atoms with van der Waals surface area (Å²) in [6.45, 7) is 8.52. The van der Waals surface area contributed by atoms with Crippen molar-refractivity contribution in [3.8, 4) is 0 Å². The second kappa shape index (κ2) is 3.78. The summed E-state index contributed by atoms with van der Waals surface area (Å²) >= 11 is 0. The Morgan fingerprint density at radius 2 is 2.33 bits per heavy atom. The van der Waals surface area contributed by atoms with Gasteiger partial charge in [-0.2, -0.15) is 0 Å². The third-order valence-electron chi connectivity index (χ3n) is 2.23. The van der Waals surface area contributed by atoms with Gasteiger partial charge in [-0.25, -0.2) is 0 Å². The molecular weight excluding hydrogens is 150 g/mol. The van der Waals surface area contributed by atoms with Crippen molar-refractivity contribution in [2.45, 2.75) is 33.2 Å². The predicted molar refractivity (Wildman–Crippen MR) is 52.1 cm³/mol. The fourth-order valence-electron chi connectivity index (χ4n) is 1.56. The second-order valence-corrected chi connectivity index (χ2v) is 3.81. The summed E-state index contributed by atoms with van der Waals surface area (Å²) in [5.74, 6) is 1.39. The number of aliphatic imine (C=N–C) groups is 1. The average molecular weight is 169 g/mol. The van der Waals surface area contributed by atoms with Crippen molar-refractivity contribution in [2.75, 3.05) is 13.1 Å². The van der Waals surface area contributed by atoms with Crippen LogP contribution in [-0.2, 0) is 0 Å². The van der Waals surface area contributed by atoms with Crippen molar-refractivity contribution < 1.29 is 0 Å². The molecule has 0 bridgehead atoms. The molecule has 2 N–H and O–H groups in total. The molecule has 0 fully saturated rings. The van der Waals surface area contributed by atoms with E-state index in [2.05, 4.69) is 30.7 Å². The van der Waals surface area contributed by atoms with Crippen LogP contribution in [0.2, 0.25) is 0 Å². The van der Waals surface area contributed by atoms with E-state index >= 15 is 0 Å². The molecule has 3 nitrogen and oxygen atoms in total. The molecule has 0 radical (unpaired) electrons. The lowest BCUT2D eigenvalue weighted by atomic mass is 10.1. The van der Waals surface area contributed by atoms with Crippen molar-refractivity contribution in [3.05, 3.63) is 0 Å². The number of guanidine groups is 1. The fraction of sp³-hybridized carbons (Fsp3) is 0.889. The first-order valence-corrected chi connectivity index (χ1v) is 4.71. The first-order chi connectivity index (χ1) is 5.65. The van der Waals surface area contributed by atoms with Crippen LogP contribution in [0.25, 0.3) is 0 Å². The fourth-order valence-corrected chi connectivity index (χ4v) is 1.56. The highest BCUT2D eigenvalue weighted by Gasteiger charge is 2.24. The topological polar surface area (TPSA) is 41.6 Å². The molecule has 0 aromatic rings. The van der Waals surface area contributed by atoms with Crippen LogP contribution >= 0.6 is 0 Å². The molecule has 0 spiro atoms. The zero-order chi connectivity index (χ0) is 9.14. The van der Waals surface area contributed by atoms with Gasteiger partial charge in [-0.1, -0.05) is 20.8 Å². The van der Waals surface area contributed by atoms with E-state index in [9.17, 15) is 0 Å². The minimum atomic E-state index is 0.549. The summed E-state index contributed by atoms with van der Waals surface area (Å²) in [6.07, 6.45) is 1.14. The van der Waals surface area contributed by atoms with Gasteiger partial charge in [-0.05, 0) is 12.3 Å². The lowest BCUT2D eigenvalue weighted by Gasteiger charge is -2.26. The maximum Gasteiger partial charge on any atom is 0.191 e. The minimum absolute atomic E-state index is 0.549. The zero-order valence-electron chi connectivity index (χ0n) is 8.25. The van der Waals surface area contributed by atoms with Crippen molar-refractivity contribution >= 4 is 5.96 Å². The molecule has 0 aromatic carbocycles. The minimum Gasteiger partial charge on any atom is -0.370 e. The standard InChI is InChI=1S/C9H19N3/c1-4-8-5-11-9(10)12(8)6-7(2)3/h7-8H,4-6H2,1-3H3,(H2,10,11). The maximum absolute atomic E-state index is 5.77. The highest BCUT2D eigenvalue weighted by atomic mass is 15.3. The summed E-state index contributed by atoms with van der Waals surface area (Å²) in [5.41, 5.74) is 5.77. The monoisotopic (exact) mass is 169 g/mol. The van der Waals surface area contributed by atoms with E-state index in [0.717, 1.165) is 25.5 Å². The molecule has 1 aliphatic heterocycles. The van der Waals surface area contributed by atoms with E-state index in [4.69, 9.17) is 5.73 Å². The molecule has 70 valence electrons. The molecule has 0 saturated heterocycles. The molecule has 1 atom stereocenters. The molecule has 0 aromatic heterocycles. The Morgan fingerprint density at radius 1 is 1.67 bits per heavy atom. The lowest BCUT2D eigenvalue weighted by molar-refractivity contribution is 0.298. The summed E-state index contributed by atoms with van der Waals surface area (Å²) in [7, 11) is 0. The highest BCUT2D eigenvalue weighted by Crippen LogP contribution is 2.13. The Kier molecular flexibility index (Phi) is 2.95. The van der Waals surface area contributed by atoms with Crippen LogP contribution in [0, 0.1) is 5.92 Å². The predicted octanol–water partition coefficient (Wildman–Crippen LogP) is 1.05. The van der Waals surface area contributed by atoms with Crippen LogP contribution in [-0.4, -0.2) is 30.0 Å². The van der Waals surface area contributed by atoms with Crippen LogP contribution in [0.15, 0.2) is 4.99 Å². The Hall–Kier alpha value is -0.730. The van der Waals surface area contributed by atoms with Crippen molar-refractivity contribution in [3.63, 3.8) is 0 Å². The van der Waals surface area contributed by atoms with E-state index in [1.807, 2.05) is 0 Å². The molecule has 1 rings (SSSR count). The highest BCUT2D eigenvalue weighted by molar-refractivity contribution is 5.80. The molecule has 12 heavy (non-hydrogen) atoms. The van der Waals surface area contributed by atoms with Crippen LogP contribution in [0.1, 0.15) is 27.2 Å². The van der Waals surface area contributed by atoms with Gasteiger partial charge in [0.2, 0.25) is 0 Å². The van der Waals surface area contributed by atoms with E-state index in [-0.39, 0.29) is 0 Å². The average Bonchev–Trinajstić information content (AvgIpc) is 2.32. The first kappa shape index (κ1) is 9.36. The molecule has 0 saturated carbocycles. The van der Waals surface area contributed by atoms with Crippen LogP contribution in [0.5, 0.6) is 0 Å². The Morgan fingerprint density at radius 3 is 2.83 bits per heavy atom. The SMILES string of the molecule is CCC1CN=C(N)N1CC(C)C. The van der Waals surface area contributed by atoms with Crippen molar-refractivity contribution in [1.29, 1.82) is 0 Å². The number of hydrogen-bond donors (Lipinski definition) is 1. The summed E-state index contributed by atoms with van der Waals surface area (Å²) < 4.78 is 0. The van der Waals surface area contributed by atoms with Gasteiger partial charge in [0.15, 0.2) is 5.96 Å². The first-order valence-electron chi connectivity index (χ1n) is 4.71. The van der Waals surface area contributed by atoms with Crippen LogP contribution in [0.3, 0.4) is 0 Å². The van der Waals surface area contributed by atoms with Gasteiger partial charge in [-0.3, -0.25) is 4.99 Å². The van der Waals surface area contributed by atoms with Crippen LogP contribution < -0.4 is 5.73 Å². The maximum atomic E-state index is 5.77. The van der Waals surface area contributed by atoms with Gasteiger partial charge in [0, 0.05) is 6.54 Å². The van der Waals surface area contributed by atoms with E-state index in [1.165, 1.54) is 0 Å². The lowest BCUT2D eigenvalue weighted by Crippen LogP contribution is -2.42. The van der Waals surface area contributed by atoms with E-state index in [0.29, 0.717) is 12.0 Å². The summed E-state index contributed by atoms with van der Waals surface area (Å²) in [4.78, 5) is 6.47. The normalized spacial score (nSPS) is 23.5. The molecule has 1 aliphatic rings. The van der Waals surface area contributed by atoms with Gasteiger partial charge in [0.05, 0.1) is 12.6 Å². The van der Waals surface area contributed by atoms with E-state index < -0.39 is 0 Å².